The van der Waals surface area contributed by atoms with E-state index in [2.05, 4.69) is 15.7 Å². The van der Waals surface area contributed by atoms with Crippen LogP contribution in [0.1, 0.15) is 30.8 Å². The molecule has 18 heavy (non-hydrogen) atoms. The Balaban J connectivity index is 2.41. The highest BCUT2D eigenvalue weighted by Crippen LogP contribution is 2.08. The number of aryl methyl sites for hydroxylation is 1. The van der Waals surface area contributed by atoms with Gasteiger partial charge in [0, 0.05) is 26.1 Å². The quantitative estimate of drug-likeness (QED) is 0.667. The largest absolute Gasteiger partial charge is 0.396 e. The molecule has 1 aromatic rings. The number of carbonyl (C=O) groups is 2. The minimum atomic E-state index is -0.329. The second-order valence-corrected chi connectivity index (χ2v) is 4.30. The fraction of sp³-hybridized carbons (Fsp3) is 0.545. The predicted molar refractivity (Wildman–Crippen MR) is 67.8 cm³/mol. The molecule has 0 atom stereocenters. The SMILES string of the molecule is CC(C)NC(=O)CCNC(=O)c1c(N)cnn1C. The number of amides is 2. The van der Waals surface area contributed by atoms with Gasteiger partial charge in [-0.2, -0.15) is 5.10 Å². The fourth-order valence-corrected chi connectivity index (χ4v) is 1.50. The average Bonchev–Trinajstić information content (AvgIpc) is 2.57. The highest BCUT2D eigenvalue weighted by molar-refractivity contribution is 5.97. The molecule has 1 heterocycles. The molecule has 2 amide bonds. The summed E-state index contributed by atoms with van der Waals surface area (Å²) >= 11 is 0. The minimum absolute atomic E-state index is 0.0942. The van der Waals surface area contributed by atoms with E-state index in [4.69, 9.17) is 5.73 Å². The van der Waals surface area contributed by atoms with Gasteiger partial charge in [-0.25, -0.2) is 0 Å². The monoisotopic (exact) mass is 253 g/mol. The molecule has 1 rings (SSSR count). The van der Waals surface area contributed by atoms with E-state index in [9.17, 15) is 9.59 Å². The van der Waals surface area contributed by atoms with Gasteiger partial charge in [0.25, 0.3) is 5.91 Å². The Bertz CT molecular complexity index is 419. The van der Waals surface area contributed by atoms with Crippen LogP contribution < -0.4 is 16.4 Å². The molecule has 0 unspecified atom stereocenters. The van der Waals surface area contributed by atoms with Crippen molar-refractivity contribution in [1.29, 1.82) is 0 Å². The maximum absolute atomic E-state index is 11.8. The average molecular weight is 253 g/mol. The van der Waals surface area contributed by atoms with Gasteiger partial charge in [0.1, 0.15) is 5.69 Å². The smallest absolute Gasteiger partial charge is 0.271 e. The van der Waals surface area contributed by atoms with E-state index >= 15 is 0 Å². The summed E-state index contributed by atoms with van der Waals surface area (Å²) in [7, 11) is 1.64. The van der Waals surface area contributed by atoms with Gasteiger partial charge in [0.05, 0.1) is 11.9 Å². The van der Waals surface area contributed by atoms with Crippen LogP contribution in [0.3, 0.4) is 0 Å². The number of hydrogen-bond acceptors (Lipinski definition) is 4. The first kappa shape index (κ1) is 14.0. The van der Waals surface area contributed by atoms with Crippen molar-refractivity contribution in [2.24, 2.45) is 7.05 Å². The molecule has 0 bridgehead atoms. The lowest BCUT2D eigenvalue weighted by Gasteiger charge is -2.09. The second-order valence-electron chi connectivity index (χ2n) is 4.30. The van der Waals surface area contributed by atoms with Crippen molar-refractivity contribution in [2.75, 3.05) is 12.3 Å². The van der Waals surface area contributed by atoms with Crippen LogP contribution in [0.15, 0.2) is 6.20 Å². The molecule has 0 aliphatic heterocycles. The van der Waals surface area contributed by atoms with E-state index in [0.29, 0.717) is 11.4 Å². The van der Waals surface area contributed by atoms with Crippen LogP contribution in [0.4, 0.5) is 5.69 Å². The molecule has 0 aliphatic carbocycles. The maximum Gasteiger partial charge on any atom is 0.271 e. The molecule has 7 nitrogen and oxygen atoms in total. The number of hydrogen-bond donors (Lipinski definition) is 3. The van der Waals surface area contributed by atoms with Gasteiger partial charge in [0.2, 0.25) is 5.91 Å². The molecule has 0 aromatic carbocycles. The van der Waals surface area contributed by atoms with Crippen molar-refractivity contribution in [3.05, 3.63) is 11.9 Å². The lowest BCUT2D eigenvalue weighted by molar-refractivity contribution is -0.121. The predicted octanol–water partition coefficient (Wildman–Crippen LogP) is -0.353. The van der Waals surface area contributed by atoms with Crippen molar-refractivity contribution < 1.29 is 9.59 Å². The lowest BCUT2D eigenvalue weighted by atomic mass is 10.3. The summed E-state index contributed by atoms with van der Waals surface area (Å²) in [6.07, 6.45) is 1.65. The van der Waals surface area contributed by atoms with Crippen molar-refractivity contribution in [3.63, 3.8) is 0 Å². The Hall–Kier alpha value is -2.05. The summed E-state index contributed by atoms with van der Waals surface area (Å²) in [5, 5.41) is 9.24. The van der Waals surface area contributed by atoms with Crippen LogP contribution >= 0.6 is 0 Å². The Morgan fingerprint density at radius 3 is 2.67 bits per heavy atom. The van der Waals surface area contributed by atoms with E-state index in [1.165, 1.54) is 10.9 Å². The Kier molecular flexibility index (Phi) is 4.70. The van der Waals surface area contributed by atoms with E-state index in [-0.39, 0.29) is 30.8 Å². The molecule has 7 heteroatoms. The number of carbonyl (C=O) groups excluding carboxylic acids is 2. The first-order chi connectivity index (χ1) is 8.41. The van der Waals surface area contributed by atoms with E-state index < -0.39 is 0 Å². The Morgan fingerprint density at radius 1 is 1.50 bits per heavy atom. The number of aromatic nitrogens is 2. The molecule has 0 fully saturated rings. The zero-order valence-electron chi connectivity index (χ0n) is 10.9. The molecular formula is C11H19N5O2. The summed E-state index contributed by atoms with van der Waals surface area (Å²) in [5.74, 6) is -0.423. The Morgan fingerprint density at radius 2 is 2.17 bits per heavy atom. The molecule has 0 radical (unpaired) electrons. The van der Waals surface area contributed by atoms with Gasteiger partial charge < -0.3 is 16.4 Å². The number of nitrogens with zero attached hydrogens (tertiary/aromatic N) is 2. The number of anilines is 1. The van der Waals surface area contributed by atoms with Crippen LogP contribution in [0.25, 0.3) is 0 Å². The molecular weight excluding hydrogens is 234 g/mol. The molecule has 0 spiro atoms. The van der Waals surface area contributed by atoms with Gasteiger partial charge in [-0.1, -0.05) is 0 Å². The normalized spacial score (nSPS) is 10.4. The summed E-state index contributed by atoms with van der Waals surface area (Å²) in [5.41, 5.74) is 6.24. The third kappa shape index (κ3) is 3.76. The standard InChI is InChI=1S/C11H19N5O2/c1-7(2)15-9(17)4-5-13-11(18)10-8(12)6-14-16(10)3/h6-7H,4-5,12H2,1-3H3,(H,13,18)(H,15,17). The van der Waals surface area contributed by atoms with Crippen LogP contribution in [0, 0.1) is 0 Å². The van der Waals surface area contributed by atoms with Crippen LogP contribution in [0.5, 0.6) is 0 Å². The molecule has 100 valence electrons. The second kappa shape index (κ2) is 6.04. The molecule has 1 aromatic heterocycles. The van der Waals surface area contributed by atoms with Gasteiger partial charge in [-0.15, -0.1) is 0 Å². The topological polar surface area (TPSA) is 102 Å². The first-order valence-corrected chi connectivity index (χ1v) is 5.77. The number of nitrogen functional groups attached to an aromatic ring is 1. The summed E-state index contributed by atoms with van der Waals surface area (Å²) in [6.45, 7) is 4.03. The number of nitrogens with two attached hydrogens (primary N) is 1. The molecule has 4 N–H and O–H groups in total. The third-order valence-electron chi connectivity index (χ3n) is 2.27. The van der Waals surface area contributed by atoms with Gasteiger partial charge >= 0.3 is 0 Å². The van der Waals surface area contributed by atoms with E-state index in [1.807, 2.05) is 13.8 Å². The fourth-order valence-electron chi connectivity index (χ4n) is 1.50. The Labute approximate surface area is 106 Å². The van der Waals surface area contributed by atoms with Crippen molar-refractivity contribution >= 4 is 17.5 Å². The third-order valence-corrected chi connectivity index (χ3v) is 2.27. The number of nitrogens with one attached hydrogen (secondary N) is 2. The maximum atomic E-state index is 11.8. The summed E-state index contributed by atoms with van der Waals surface area (Å²) in [4.78, 5) is 23.1. The van der Waals surface area contributed by atoms with Crippen LogP contribution in [-0.2, 0) is 11.8 Å². The minimum Gasteiger partial charge on any atom is -0.396 e. The number of rotatable bonds is 5. The zero-order valence-corrected chi connectivity index (χ0v) is 10.9. The molecule has 0 saturated heterocycles. The molecule has 0 aliphatic rings. The van der Waals surface area contributed by atoms with Crippen LogP contribution in [-0.4, -0.2) is 34.2 Å². The highest BCUT2D eigenvalue weighted by atomic mass is 16.2. The van der Waals surface area contributed by atoms with E-state index in [1.54, 1.807) is 7.05 Å². The van der Waals surface area contributed by atoms with Gasteiger partial charge in [-0.3, -0.25) is 14.3 Å². The summed E-state index contributed by atoms with van der Waals surface area (Å²) < 4.78 is 1.40. The van der Waals surface area contributed by atoms with Crippen molar-refractivity contribution in [3.8, 4) is 0 Å². The summed E-state index contributed by atoms with van der Waals surface area (Å²) in [6, 6.07) is 0.0981. The zero-order chi connectivity index (χ0) is 13.7. The molecule has 0 saturated carbocycles. The lowest BCUT2D eigenvalue weighted by Crippen LogP contribution is -2.34. The van der Waals surface area contributed by atoms with Gasteiger partial charge in [-0.05, 0) is 13.8 Å². The first-order valence-electron chi connectivity index (χ1n) is 5.77. The van der Waals surface area contributed by atoms with Crippen molar-refractivity contribution in [2.45, 2.75) is 26.3 Å². The highest BCUT2D eigenvalue weighted by Gasteiger charge is 2.14. The van der Waals surface area contributed by atoms with E-state index in [0.717, 1.165) is 0 Å². The van der Waals surface area contributed by atoms with Crippen molar-refractivity contribution in [1.82, 2.24) is 20.4 Å². The van der Waals surface area contributed by atoms with Gasteiger partial charge in [0.15, 0.2) is 0 Å². The van der Waals surface area contributed by atoms with Crippen LogP contribution in [0.2, 0.25) is 0 Å².